The summed E-state index contributed by atoms with van der Waals surface area (Å²) in [6.07, 6.45) is -0.318. The van der Waals surface area contributed by atoms with Crippen LogP contribution in [0.5, 0.6) is 11.5 Å². The molecular weight excluding hydrogens is 823 g/mol. The number of benzene rings is 3. The van der Waals surface area contributed by atoms with Gasteiger partial charge in [0.15, 0.2) is 17.3 Å². The van der Waals surface area contributed by atoms with Crippen molar-refractivity contribution >= 4 is 29.2 Å². The topological polar surface area (TPSA) is 234 Å². The summed E-state index contributed by atoms with van der Waals surface area (Å²) in [6, 6.07) is 22.0. The molecule has 0 spiro atoms. The molecule has 2 amide bonds. The molecule has 0 aliphatic carbocycles. The molecule has 1 aliphatic heterocycles. The van der Waals surface area contributed by atoms with Gasteiger partial charge in [-0.1, -0.05) is 64.1 Å². The monoisotopic (exact) mass is 885 g/mol. The van der Waals surface area contributed by atoms with Crippen LogP contribution in [0.4, 0.5) is 0 Å². The molecule has 4 atom stereocenters. The van der Waals surface area contributed by atoms with Crippen LogP contribution in [0.1, 0.15) is 98.6 Å². The number of pyridine rings is 1. The van der Waals surface area contributed by atoms with Gasteiger partial charge in [0.05, 0.1) is 17.8 Å². The summed E-state index contributed by atoms with van der Waals surface area (Å²) >= 11 is 0. The zero-order valence-corrected chi connectivity index (χ0v) is 38.4. The molecule has 0 radical (unpaired) electrons. The number of amides is 2. The zero-order chi connectivity index (χ0) is 47.4. The van der Waals surface area contributed by atoms with Gasteiger partial charge in [-0.3, -0.25) is 29.0 Å². The van der Waals surface area contributed by atoms with Gasteiger partial charge in [-0.15, -0.1) is 0 Å². The van der Waals surface area contributed by atoms with Gasteiger partial charge in [-0.05, 0) is 84.8 Å². The van der Waals surface area contributed by atoms with Crippen molar-refractivity contribution in [1.82, 2.24) is 15.2 Å². The lowest BCUT2D eigenvalue weighted by molar-refractivity contribution is -0.142. The SMILES string of the molecule is Cc1nc(-c2ccc(C(C)(C)C)cc2)ccc1C(=O)C[C@@H](CCN)C(=O)N(C)[C@@H]1C(=O)C[C@@H](C)C(=O)N[C@H](C(=O)CCC#N)Cc2ccc(OCCN)c(c2)-c2cc1ccc2OCCN. The molecule has 14 heteroatoms. The van der Waals surface area contributed by atoms with Crippen molar-refractivity contribution in [3.05, 3.63) is 101 Å². The van der Waals surface area contributed by atoms with Crippen molar-refractivity contribution < 1.29 is 33.4 Å². The molecular formula is C51H63N7O7. The number of hydrogen-bond donors (Lipinski definition) is 4. The fourth-order valence-electron chi connectivity index (χ4n) is 8.13. The minimum Gasteiger partial charge on any atom is -0.492 e. The highest BCUT2D eigenvalue weighted by Crippen LogP contribution is 2.41. The smallest absolute Gasteiger partial charge is 0.226 e. The molecule has 7 N–H and O–H groups in total. The molecule has 0 saturated carbocycles. The van der Waals surface area contributed by atoms with E-state index in [-0.39, 0.29) is 88.4 Å². The summed E-state index contributed by atoms with van der Waals surface area (Å²) < 4.78 is 12.3. The van der Waals surface area contributed by atoms with Gasteiger partial charge in [0.1, 0.15) is 30.8 Å². The molecule has 3 aromatic carbocycles. The number of rotatable bonds is 17. The first-order valence-corrected chi connectivity index (χ1v) is 22.2. The molecule has 65 heavy (non-hydrogen) atoms. The first kappa shape index (κ1) is 49.7. The predicted octanol–water partition coefficient (Wildman–Crippen LogP) is 5.94. The Labute approximate surface area is 382 Å². The molecule has 14 nitrogen and oxygen atoms in total. The van der Waals surface area contributed by atoms with E-state index in [0.29, 0.717) is 50.7 Å². The highest BCUT2D eigenvalue weighted by molar-refractivity contribution is 6.01. The Bertz CT molecular complexity index is 2400. The predicted molar refractivity (Wildman–Crippen MR) is 250 cm³/mol. The first-order valence-electron chi connectivity index (χ1n) is 22.2. The minimum atomic E-state index is -1.23. The summed E-state index contributed by atoms with van der Waals surface area (Å²) in [5.74, 6) is -3.03. The lowest BCUT2D eigenvalue weighted by atomic mass is 9.86. The highest BCUT2D eigenvalue weighted by Gasteiger charge is 2.36. The number of fused-ring (bicyclic) bond motifs is 5. The van der Waals surface area contributed by atoms with E-state index in [2.05, 4.69) is 38.2 Å². The van der Waals surface area contributed by atoms with E-state index in [9.17, 15) is 29.2 Å². The molecule has 0 saturated heterocycles. The van der Waals surface area contributed by atoms with E-state index in [0.717, 1.165) is 5.56 Å². The van der Waals surface area contributed by atoms with E-state index in [1.54, 1.807) is 56.3 Å². The number of aryl methyl sites for hydroxylation is 1. The normalized spacial score (nSPS) is 17.0. The van der Waals surface area contributed by atoms with Crippen molar-refractivity contribution in [3.8, 4) is 40.0 Å². The fraction of sp³-hybridized carbons (Fsp3) is 0.431. The molecule has 4 bridgehead atoms. The number of nitrogens with zero attached hydrogens (tertiary/aromatic N) is 3. The van der Waals surface area contributed by atoms with E-state index >= 15 is 0 Å². The van der Waals surface area contributed by atoms with Gasteiger partial charge in [-0.2, -0.15) is 5.26 Å². The standard InChI is InChI=1S/C51H63N7O7/c1-31-26-45(61)48(58(6)50(63)36(19-21-53)30-44(60)38-15-16-41(56-32(38)2)34-10-13-37(14-11-34)51(3,4)5)35-12-18-47(65-25-23-55)40(29-35)39-27-33(9-17-46(39)64-24-22-54)28-42(57-49(31)62)43(59)8-7-20-52/h9-18,27,29,31,36,42,48H,7-8,19,21-26,28,30,53-55H2,1-6H3,(H,57,62)/t31-,36-,42+,48+/m1/s1. The number of carbonyl (C=O) groups excluding carboxylic acids is 5. The van der Waals surface area contributed by atoms with E-state index in [1.165, 1.54) is 17.5 Å². The van der Waals surface area contributed by atoms with Crippen molar-refractivity contribution in [2.45, 2.75) is 90.6 Å². The maximum absolute atomic E-state index is 14.8. The number of nitrogens with two attached hydrogens (primary N) is 3. The van der Waals surface area contributed by atoms with Crippen LogP contribution in [-0.4, -0.2) is 85.0 Å². The number of nitriles is 1. The van der Waals surface area contributed by atoms with Crippen LogP contribution >= 0.6 is 0 Å². The summed E-state index contributed by atoms with van der Waals surface area (Å²) in [6.45, 7) is 10.7. The van der Waals surface area contributed by atoms with Crippen LogP contribution in [0.15, 0.2) is 72.8 Å². The van der Waals surface area contributed by atoms with Gasteiger partial charge in [0, 0.05) is 85.6 Å². The largest absolute Gasteiger partial charge is 0.492 e. The van der Waals surface area contributed by atoms with Gasteiger partial charge in [0.2, 0.25) is 11.8 Å². The summed E-state index contributed by atoms with van der Waals surface area (Å²) in [5, 5.41) is 12.1. The minimum absolute atomic E-state index is 0.00598. The third-order valence-corrected chi connectivity index (χ3v) is 11.8. The number of ether oxygens (including phenoxy) is 2. The molecule has 5 rings (SSSR count). The Morgan fingerprint density at radius 2 is 1.54 bits per heavy atom. The van der Waals surface area contributed by atoms with Crippen LogP contribution < -0.4 is 32.0 Å². The van der Waals surface area contributed by atoms with Crippen molar-refractivity contribution in [3.63, 3.8) is 0 Å². The second kappa shape index (κ2) is 22.6. The number of carbonyl (C=O) groups is 5. The molecule has 0 unspecified atom stereocenters. The first-order chi connectivity index (χ1) is 31.0. The second-order valence-electron chi connectivity index (χ2n) is 17.7. The average Bonchev–Trinajstić information content (AvgIpc) is 3.28. The Balaban J connectivity index is 1.55. The van der Waals surface area contributed by atoms with Crippen molar-refractivity contribution in [2.75, 3.05) is 39.9 Å². The zero-order valence-electron chi connectivity index (χ0n) is 38.4. The van der Waals surface area contributed by atoms with Crippen LogP contribution in [0.2, 0.25) is 0 Å². The maximum atomic E-state index is 14.8. The number of nitrogens with one attached hydrogen (secondary N) is 1. The molecule has 1 aromatic heterocycles. The van der Waals surface area contributed by atoms with E-state index < -0.39 is 41.5 Å². The Hall–Kier alpha value is -6.27. The summed E-state index contributed by atoms with van der Waals surface area (Å²) in [7, 11) is 1.51. The fourth-order valence-corrected chi connectivity index (χ4v) is 8.13. The molecule has 2 heterocycles. The van der Waals surface area contributed by atoms with Crippen LogP contribution in [-0.2, 0) is 31.0 Å². The second-order valence-corrected chi connectivity index (χ2v) is 17.7. The lowest BCUT2D eigenvalue weighted by Crippen LogP contribution is -2.46. The van der Waals surface area contributed by atoms with Gasteiger partial charge in [0.25, 0.3) is 0 Å². The van der Waals surface area contributed by atoms with Crippen LogP contribution in [0.3, 0.4) is 0 Å². The van der Waals surface area contributed by atoms with Gasteiger partial charge < -0.3 is 36.9 Å². The van der Waals surface area contributed by atoms with Gasteiger partial charge in [-0.25, -0.2) is 0 Å². The van der Waals surface area contributed by atoms with E-state index in [4.69, 9.17) is 31.7 Å². The number of Topliss-reactive ketones (excluding diaryl/α,β-unsaturated/α-hetero) is 3. The Kier molecular flexibility index (Phi) is 17.3. The van der Waals surface area contributed by atoms with Gasteiger partial charge >= 0.3 is 0 Å². The van der Waals surface area contributed by atoms with E-state index in [1.807, 2.05) is 24.3 Å². The average molecular weight is 886 g/mol. The third-order valence-electron chi connectivity index (χ3n) is 11.8. The van der Waals surface area contributed by atoms with Crippen LogP contribution in [0, 0.1) is 30.1 Å². The van der Waals surface area contributed by atoms with Crippen molar-refractivity contribution in [1.29, 1.82) is 5.26 Å². The van der Waals surface area contributed by atoms with Crippen LogP contribution in [0.25, 0.3) is 22.4 Å². The number of aromatic nitrogens is 1. The number of ketones is 3. The molecule has 1 aliphatic rings. The van der Waals surface area contributed by atoms with Crippen molar-refractivity contribution in [2.24, 2.45) is 29.0 Å². The molecule has 4 aromatic rings. The number of hydrogen-bond acceptors (Lipinski definition) is 12. The highest BCUT2D eigenvalue weighted by atomic mass is 16.5. The summed E-state index contributed by atoms with van der Waals surface area (Å²) in [5.41, 5.74) is 23.7. The Morgan fingerprint density at radius 3 is 2.14 bits per heavy atom. The quantitative estimate of drug-likeness (QED) is 0.0902. The molecule has 344 valence electrons. The lowest BCUT2D eigenvalue weighted by Gasteiger charge is -2.32. The molecule has 0 fully saturated rings. The third kappa shape index (κ3) is 12.5. The maximum Gasteiger partial charge on any atom is 0.226 e. The Morgan fingerprint density at radius 1 is 0.892 bits per heavy atom. The number of likely N-dealkylation sites (N-methyl/N-ethyl adjacent to an activating group) is 1. The summed E-state index contributed by atoms with van der Waals surface area (Å²) in [4.78, 5) is 76.9.